The quantitative estimate of drug-likeness (QED) is 0.293. The fourth-order valence-electron chi connectivity index (χ4n) is 0.441. The van der Waals surface area contributed by atoms with Crippen molar-refractivity contribution in [3.63, 3.8) is 0 Å². The summed E-state index contributed by atoms with van der Waals surface area (Å²) in [5.41, 5.74) is 0. The molecule has 0 rings (SSSR count). The van der Waals surface area contributed by atoms with Crippen LogP contribution in [0.1, 0.15) is 6.42 Å². The predicted molar refractivity (Wildman–Crippen MR) is 49.3 cm³/mol. The predicted octanol–water partition coefficient (Wildman–Crippen LogP) is -1.57. The van der Waals surface area contributed by atoms with Gasteiger partial charge in [0.1, 0.15) is 20.2 Å². The van der Waals surface area contributed by atoms with Crippen molar-refractivity contribution in [3.05, 3.63) is 0 Å². The van der Waals surface area contributed by atoms with Crippen LogP contribution in [-0.2, 0) is 8.23 Å². The van der Waals surface area contributed by atoms with Gasteiger partial charge in [0.05, 0.1) is 0 Å². The second kappa shape index (κ2) is 8.86. The Balaban J connectivity index is 2.60. The van der Waals surface area contributed by atoms with Gasteiger partial charge in [0.25, 0.3) is 10.0 Å². The zero-order valence-electron chi connectivity index (χ0n) is 5.73. The summed E-state index contributed by atoms with van der Waals surface area (Å²) in [6, 6.07) is 1.21. The normalized spacial score (nSPS) is 13.0. The van der Waals surface area contributed by atoms with Crippen molar-refractivity contribution in [1.29, 1.82) is 0 Å². The van der Waals surface area contributed by atoms with Gasteiger partial charge in [-0.05, 0) is 12.5 Å². The second-order valence-corrected chi connectivity index (χ2v) is 7.38. The first-order chi connectivity index (χ1) is 4.41. The largest absolute Gasteiger partial charge is 0.449 e. The molecule has 0 aromatic carbocycles. The van der Waals surface area contributed by atoms with Crippen LogP contribution in [0.4, 0.5) is 0 Å². The third kappa shape index (κ3) is 8.86. The molecule has 0 fully saturated rings. The number of hydrogen-bond donors (Lipinski definition) is 0. The van der Waals surface area contributed by atoms with E-state index in [-0.39, 0.29) is 9.76 Å². The summed E-state index contributed by atoms with van der Waals surface area (Å²) in [6.45, 7) is 0. The molecule has 0 radical (unpaired) electrons. The topological polar surface area (TPSA) is 18.5 Å². The highest BCUT2D eigenvalue weighted by molar-refractivity contribution is 6.41. The molecule has 0 saturated heterocycles. The summed E-state index contributed by atoms with van der Waals surface area (Å²) < 4.78 is 10.3. The Hall–Kier alpha value is 0.861. The summed E-state index contributed by atoms with van der Waals surface area (Å²) in [5.74, 6) is 0.777. The fraction of sp³-hybridized carbons (Fsp3) is 1.00. The number of hydrogen-bond acceptors (Lipinski definition) is 2. The van der Waals surface area contributed by atoms with Crippen molar-refractivity contribution in [1.82, 2.24) is 0 Å². The molecule has 0 bridgehead atoms. The standard InChI is InChI=1S/C3H13ClO2Si3/c4-2-1-3-8-6-9-5-7/h1-3,8-9H2,7H3. The average molecular weight is 201 g/mol. The van der Waals surface area contributed by atoms with Crippen LogP contribution in [0, 0.1) is 0 Å². The van der Waals surface area contributed by atoms with E-state index in [4.69, 9.17) is 19.8 Å². The van der Waals surface area contributed by atoms with Crippen molar-refractivity contribution < 1.29 is 8.23 Å². The van der Waals surface area contributed by atoms with Gasteiger partial charge < -0.3 is 8.23 Å². The van der Waals surface area contributed by atoms with E-state index in [0.717, 1.165) is 22.8 Å². The molecule has 0 unspecified atom stereocenters. The first-order valence-electron chi connectivity index (χ1n) is 3.04. The van der Waals surface area contributed by atoms with Gasteiger partial charge in [0.2, 0.25) is 0 Å². The Morgan fingerprint density at radius 2 is 2.33 bits per heavy atom. The number of rotatable bonds is 6. The van der Waals surface area contributed by atoms with Crippen LogP contribution in [0.5, 0.6) is 0 Å². The van der Waals surface area contributed by atoms with E-state index in [9.17, 15) is 0 Å². The third-order valence-corrected chi connectivity index (χ3v) is 4.69. The molecule has 0 saturated carbocycles. The first-order valence-corrected chi connectivity index (χ1v) is 7.12. The zero-order valence-corrected chi connectivity index (χ0v) is 11.3. The molecule has 0 aromatic heterocycles. The molecule has 6 heteroatoms. The molecule has 0 aliphatic carbocycles. The minimum absolute atomic E-state index is 0.236. The van der Waals surface area contributed by atoms with Crippen molar-refractivity contribution in [2.45, 2.75) is 12.5 Å². The highest BCUT2D eigenvalue weighted by Crippen LogP contribution is 1.90. The van der Waals surface area contributed by atoms with Crippen LogP contribution in [0.15, 0.2) is 0 Å². The van der Waals surface area contributed by atoms with Gasteiger partial charge in [-0.15, -0.1) is 11.6 Å². The summed E-state index contributed by atoms with van der Waals surface area (Å²) in [4.78, 5) is 0. The van der Waals surface area contributed by atoms with Crippen LogP contribution < -0.4 is 0 Å². The highest BCUT2D eigenvalue weighted by Gasteiger charge is 1.87. The van der Waals surface area contributed by atoms with Crippen LogP contribution in [-0.4, -0.2) is 36.1 Å². The molecule has 56 valence electrons. The Kier molecular flexibility index (Phi) is 9.71. The summed E-state index contributed by atoms with van der Waals surface area (Å²) in [6.07, 6.45) is 1.11. The molecule has 0 aliphatic rings. The minimum Gasteiger partial charge on any atom is -0.449 e. The first kappa shape index (κ1) is 9.86. The van der Waals surface area contributed by atoms with Crippen LogP contribution in [0.2, 0.25) is 6.04 Å². The fourth-order valence-corrected chi connectivity index (χ4v) is 4.86. The molecule has 9 heavy (non-hydrogen) atoms. The van der Waals surface area contributed by atoms with E-state index in [1.54, 1.807) is 0 Å². The minimum atomic E-state index is -0.526. The molecule has 0 N–H and O–H groups in total. The van der Waals surface area contributed by atoms with Gasteiger partial charge in [0.15, 0.2) is 0 Å². The maximum Gasteiger partial charge on any atom is 0.282 e. The van der Waals surface area contributed by atoms with Crippen LogP contribution in [0.25, 0.3) is 0 Å². The monoisotopic (exact) mass is 200 g/mol. The van der Waals surface area contributed by atoms with Crippen LogP contribution >= 0.6 is 11.6 Å². The number of alkyl halides is 1. The molecule has 0 aliphatic heterocycles. The molecule has 2 nitrogen and oxygen atoms in total. The maximum atomic E-state index is 5.47. The Labute approximate surface area is 68.8 Å². The lowest BCUT2D eigenvalue weighted by atomic mass is 10.6. The van der Waals surface area contributed by atoms with Gasteiger partial charge >= 0.3 is 0 Å². The Morgan fingerprint density at radius 3 is 2.89 bits per heavy atom. The zero-order chi connectivity index (χ0) is 6.95. The van der Waals surface area contributed by atoms with Gasteiger partial charge in [-0.25, -0.2) is 0 Å². The molecular formula is C3H13ClO2Si3. The van der Waals surface area contributed by atoms with E-state index in [2.05, 4.69) is 0 Å². The third-order valence-electron chi connectivity index (χ3n) is 0.873. The van der Waals surface area contributed by atoms with E-state index in [1.165, 1.54) is 6.04 Å². The second-order valence-electron chi connectivity index (χ2n) is 1.71. The lowest BCUT2D eigenvalue weighted by molar-refractivity contribution is 0.501. The highest BCUT2D eigenvalue weighted by atomic mass is 35.5. The van der Waals surface area contributed by atoms with E-state index in [0.29, 0.717) is 0 Å². The molecule has 0 spiro atoms. The molecule has 0 heterocycles. The number of halogens is 1. The van der Waals surface area contributed by atoms with E-state index >= 15 is 0 Å². The summed E-state index contributed by atoms with van der Waals surface area (Å²) in [5, 5.41) is 0. The maximum absolute atomic E-state index is 5.47. The molecular weight excluding hydrogens is 188 g/mol. The lowest BCUT2D eigenvalue weighted by Crippen LogP contribution is -2.06. The SMILES string of the molecule is [SiH3]O[SiH2]O[SiH2]CCCCl. The van der Waals surface area contributed by atoms with Crippen molar-refractivity contribution in [2.75, 3.05) is 5.88 Å². The van der Waals surface area contributed by atoms with Crippen molar-refractivity contribution in [3.8, 4) is 0 Å². The Morgan fingerprint density at radius 1 is 1.56 bits per heavy atom. The Bertz CT molecular complexity index is 50.3. The van der Waals surface area contributed by atoms with Crippen molar-refractivity contribution >= 4 is 41.9 Å². The molecule has 0 amide bonds. The van der Waals surface area contributed by atoms with Gasteiger partial charge in [-0.1, -0.05) is 0 Å². The van der Waals surface area contributed by atoms with E-state index in [1.807, 2.05) is 0 Å². The molecule has 0 atom stereocenters. The summed E-state index contributed by atoms with van der Waals surface area (Å²) >= 11 is 5.47. The van der Waals surface area contributed by atoms with Gasteiger partial charge in [0, 0.05) is 5.88 Å². The van der Waals surface area contributed by atoms with Crippen LogP contribution in [0.3, 0.4) is 0 Å². The van der Waals surface area contributed by atoms with Gasteiger partial charge in [-0.3, -0.25) is 0 Å². The molecule has 0 aromatic rings. The smallest absolute Gasteiger partial charge is 0.282 e. The average Bonchev–Trinajstić information content (AvgIpc) is 1.89. The van der Waals surface area contributed by atoms with E-state index < -0.39 is 10.0 Å². The summed E-state index contributed by atoms with van der Waals surface area (Å²) in [7, 11) is 0.0791. The van der Waals surface area contributed by atoms with Crippen molar-refractivity contribution in [2.24, 2.45) is 0 Å². The lowest BCUT2D eigenvalue weighted by Gasteiger charge is -1.99. The van der Waals surface area contributed by atoms with Gasteiger partial charge in [-0.2, -0.15) is 0 Å².